The molecule has 5 rings (SSSR count). The van der Waals surface area contributed by atoms with Crippen molar-refractivity contribution >= 4 is 28.3 Å². The van der Waals surface area contributed by atoms with Crippen LogP contribution in [0.15, 0.2) is 138 Å². The average molecular weight is 477 g/mol. The van der Waals surface area contributed by atoms with Crippen LogP contribution in [0.25, 0.3) is 22.3 Å². The highest BCUT2D eigenvalue weighted by Gasteiger charge is 2.29. The minimum Gasteiger partial charge on any atom is -0.302 e. The van der Waals surface area contributed by atoms with Crippen LogP contribution in [0.2, 0.25) is 0 Å². The van der Waals surface area contributed by atoms with E-state index in [1.54, 1.807) is 0 Å². The summed E-state index contributed by atoms with van der Waals surface area (Å²) in [5, 5.41) is 1.70. The third-order valence-electron chi connectivity index (χ3n) is 5.88. The Bertz CT molecular complexity index is 1320. The smallest absolute Gasteiger partial charge is 0.199 e. The summed E-state index contributed by atoms with van der Waals surface area (Å²) in [6.07, 6.45) is -2.97. The lowest BCUT2D eigenvalue weighted by molar-refractivity contribution is 0.595. The molecule has 0 aliphatic rings. The van der Waals surface area contributed by atoms with Crippen LogP contribution in [0.1, 0.15) is 5.56 Å². The first-order valence-corrected chi connectivity index (χ1v) is 14.4. The third-order valence-corrected chi connectivity index (χ3v) is 11.2. The summed E-state index contributed by atoms with van der Waals surface area (Å²) >= 11 is 1.46. The second kappa shape index (κ2) is 9.89. The van der Waals surface area contributed by atoms with Crippen LogP contribution in [0.5, 0.6) is 0 Å². The Hall–Kier alpha value is -3.32. The zero-order chi connectivity index (χ0) is 23.4. The molecule has 0 saturated heterocycles. The van der Waals surface area contributed by atoms with Gasteiger partial charge in [-0.2, -0.15) is 0 Å². The maximum Gasteiger partial charge on any atom is 0.199 e. The van der Waals surface area contributed by atoms with Gasteiger partial charge >= 0.3 is 0 Å². The van der Waals surface area contributed by atoms with Gasteiger partial charge < -0.3 is 4.57 Å². The molecule has 34 heavy (non-hydrogen) atoms. The molecule has 0 bridgehead atoms. The lowest BCUT2D eigenvalue weighted by Crippen LogP contribution is -2.13. The van der Waals surface area contributed by atoms with Gasteiger partial charge in [0.05, 0.1) is 0 Å². The summed E-state index contributed by atoms with van der Waals surface area (Å²) in [4.78, 5) is 1.01. The van der Waals surface area contributed by atoms with Crippen molar-refractivity contribution in [3.05, 3.63) is 139 Å². The molecule has 0 heterocycles. The second-order valence-electron chi connectivity index (χ2n) is 8.28. The molecule has 0 atom stereocenters. The summed E-state index contributed by atoms with van der Waals surface area (Å²) < 4.78 is 14.7. The van der Waals surface area contributed by atoms with Crippen LogP contribution >= 0.6 is 17.7 Å². The molecule has 0 fully saturated rings. The van der Waals surface area contributed by atoms with E-state index in [4.69, 9.17) is 0 Å². The van der Waals surface area contributed by atoms with E-state index in [1.165, 1.54) is 16.9 Å². The molecule has 0 N–H and O–H groups in total. The molecule has 1 nitrogen and oxygen atoms in total. The molecule has 0 radical (unpaired) electrons. The fourth-order valence-electron chi connectivity index (χ4n) is 3.96. The third kappa shape index (κ3) is 4.80. The van der Waals surface area contributed by atoms with E-state index < -0.39 is 6.34 Å². The summed E-state index contributed by atoms with van der Waals surface area (Å²) in [5.41, 5.74) is 5.74. The zero-order valence-electron chi connectivity index (χ0n) is 19.0. The fraction of sp³-hybridized carbons (Fsp3) is 0.0323. The van der Waals surface area contributed by atoms with Gasteiger partial charge in [-0.05, 0) is 65.6 Å². The van der Waals surface area contributed by atoms with Crippen LogP contribution in [-0.4, -0.2) is 0 Å². The minimum atomic E-state index is -2.97. The van der Waals surface area contributed by atoms with E-state index >= 15 is 0 Å². The number of benzene rings is 5. The molecule has 0 spiro atoms. The van der Waals surface area contributed by atoms with Gasteiger partial charge in [0, 0.05) is 15.5 Å². The largest absolute Gasteiger partial charge is 0.302 e. The Morgan fingerprint density at radius 2 is 0.853 bits per heavy atom. The van der Waals surface area contributed by atoms with Crippen LogP contribution in [-0.2, 0) is 4.57 Å². The van der Waals surface area contributed by atoms with Crippen molar-refractivity contribution in [3.8, 4) is 22.3 Å². The van der Waals surface area contributed by atoms with Crippen LogP contribution in [0.3, 0.4) is 0 Å². The number of aryl methyl sites for hydroxylation is 1. The summed E-state index contributed by atoms with van der Waals surface area (Å²) in [6, 6.07) is 45.2. The first kappa shape index (κ1) is 22.5. The Kier molecular flexibility index (Phi) is 6.54. The topological polar surface area (TPSA) is 17.1 Å². The van der Waals surface area contributed by atoms with Crippen molar-refractivity contribution < 1.29 is 4.57 Å². The maximum absolute atomic E-state index is 14.7. The van der Waals surface area contributed by atoms with Gasteiger partial charge in [0.2, 0.25) is 0 Å². The Morgan fingerprint density at radius 1 is 0.471 bits per heavy atom. The standard InChI is InChI=1S/C31H25OPS/c1-24-12-22-31(23-13-24)34-33(32,29-18-14-27(15-19-29)25-8-4-2-5-9-25)30-20-16-28(17-21-30)26-10-6-3-7-11-26/h2-23H,1H3. The highest BCUT2D eigenvalue weighted by atomic mass is 32.7. The molecule has 3 heteroatoms. The number of hydrogen-bond donors (Lipinski definition) is 0. The predicted molar refractivity (Wildman–Crippen MR) is 148 cm³/mol. The predicted octanol–water partition coefficient (Wildman–Crippen LogP) is 8.35. The molecule has 0 unspecified atom stereocenters. The van der Waals surface area contributed by atoms with Crippen molar-refractivity contribution in [3.63, 3.8) is 0 Å². The average Bonchev–Trinajstić information content (AvgIpc) is 2.91. The van der Waals surface area contributed by atoms with Crippen molar-refractivity contribution in [1.82, 2.24) is 0 Å². The highest BCUT2D eigenvalue weighted by molar-refractivity contribution is 8.62. The molecule has 0 amide bonds. The number of rotatable bonds is 6. The Balaban J connectivity index is 1.55. The molecule has 5 aromatic rings. The molecular weight excluding hydrogens is 451 g/mol. The summed E-state index contributed by atoms with van der Waals surface area (Å²) in [5.74, 6) is 0. The Labute approximate surface area is 205 Å². The molecule has 0 aliphatic heterocycles. The monoisotopic (exact) mass is 476 g/mol. The highest BCUT2D eigenvalue weighted by Crippen LogP contribution is 2.60. The Morgan fingerprint density at radius 3 is 1.26 bits per heavy atom. The summed E-state index contributed by atoms with van der Waals surface area (Å²) in [7, 11) is 0. The van der Waals surface area contributed by atoms with Gasteiger partial charge in [-0.1, -0.05) is 114 Å². The van der Waals surface area contributed by atoms with E-state index in [1.807, 2.05) is 60.7 Å². The molecule has 0 aromatic heterocycles. The van der Waals surface area contributed by atoms with E-state index in [0.717, 1.165) is 37.8 Å². The second-order valence-corrected chi connectivity index (χ2v) is 13.2. The van der Waals surface area contributed by atoms with Gasteiger partial charge in [-0.3, -0.25) is 0 Å². The molecule has 5 aromatic carbocycles. The number of hydrogen-bond acceptors (Lipinski definition) is 2. The maximum atomic E-state index is 14.7. The molecule has 0 aliphatic carbocycles. The molecule has 0 saturated carbocycles. The SMILES string of the molecule is Cc1ccc(SP(=O)(c2ccc(-c3ccccc3)cc2)c2ccc(-c3ccccc3)cc2)cc1. The van der Waals surface area contributed by atoms with Gasteiger partial charge in [-0.15, -0.1) is 0 Å². The van der Waals surface area contributed by atoms with Gasteiger partial charge in [0.25, 0.3) is 0 Å². The van der Waals surface area contributed by atoms with Gasteiger partial charge in [-0.25, -0.2) is 0 Å². The molecule has 166 valence electrons. The lowest BCUT2D eigenvalue weighted by atomic mass is 10.1. The van der Waals surface area contributed by atoms with E-state index in [-0.39, 0.29) is 0 Å². The lowest BCUT2D eigenvalue weighted by Gasteiger charge is -2.20. The van der Waals surface area contributed by atoms with Crippen LogP contribution in [0.4, 0.5) is 0 Å². The van der Waals surface area contributed by atoms with E-state index in [9.17, 15) is 4.57 Å². The van der Waals surface area contributed by atoms with Crippen molar-refractivity contribution in [2.75, 3.05) is 0 Å². The quantitative estimate of drug-likeness (QED) is 0.229. The van der Waals surface area contributed by atoms with Gasteiger partial charge in [0.1, 0.15) is 0 Å². The van der Waals surface area contributed by atoms with E-state index in [0.29, 0.717) is 0 Å². The fourth-order valence-corrected chi connectivity index (χ4v) is 8.73. The van der Waals surface area contributed by atoms with Crippen LogP contribution < -0.4 is 10.6 Å². The first-order valence-electron chi connectivity index (χ1n) is 11.3. The van der Waals surface area contributed by atoms with Gasteiger partial charge in [0.15, 0.2) is 6.34 Å². The minimum absolute atomic E-state index is 0.852. The van der Waals surface area contributed by atoms with Crippen molar-refractivity contribution in [2.45, 2.75) is 11.8 Å². The normalized spacial score (nSPS) is 11.3. The van der Waals surface area contributed by atoms with Crippen LogP contribution in [0, 0.1) is 6.92 Å². The molecular formula is C31H25OPS. The zero-order valence-corrected chi connectivity index (χ0v) is 20.7. The summed E-state index contributed by atoms with van der Waals surface area (Å²) in [6.45, 7) is 2.07. The first-order chi connectivity index (χ1) is 16.6. The van der Waals surface area contributed by atoms with E-state index in [2.05, 4.69) is 79.7 Å². The van der Waals surface area contributed by atoms with Crippen molar-refractivity contribution in [1.29, 1.82) is 0 Å². The van der Waals surface area contributed by atoms with Crippen molar-refractivity contribution in [2.24, 2.45) is 0 Å².